The lowest BCUT2D eigenvalue weighted by atomic mass is 10.1. The lowest BCUT2D eigenvalue weighted by Crippen LogP contribution is -2.51. The molecule has 2 aromatic rings. The smallest absolute Gasteiger partial charge is 0.317 e. The van der Waals surface area contributed by atoms with Crippen molar-refractivity contribution < 1.29 is 4.79 Å². The van der Waals surface area contributed by atoms with Gasteiger partial charge >= 0.3 is 6.03 Å². The number of nitrogens with zero attached hydrogens (tertiary/aromatic N) is 3. The molecule has 1 unspecified atom stereocenters. The summed E-state index contributed by atoms with van der Waals surface area (Å²) < 4.78 is 0. The molecule has 1 saturated heterocycles. The maximum absolute atomic E-state index is 12.6. The van der Waals surface area contributed by atoms with E-state index in [0.717, 1.165) is 25.2 Å². The van der Waals surface area contributed by atoms with E-state index in [9.17, 15) is 4.79 Å². The van der Waals surface area contributed by atoms with E-state index in [2.05, 4.69) is 16.3 Å². The number of nitrogens with one attached hydrogen (secondary N) is 1. The van der Waals surface area contributed by atoms with Crippen molar-refractivity contribution in [2.45, 2.75) is 19.5 Å². The van der Waals surface area contributed by atoms with Crippen molar-refractivity contribution >= 4 is 17.6 Å². The van der Waals surface area contributed by atoms with Gasteiger partial charge in [0.1, 0.15) is 0 Å². The van der Waals surface area contributed by atoms with Crippen LogP contribution in [-0.4, -0.2) is 42.0 Å². The van der Waals surface area contributed by atoms with Gasteiger partial charge in [-0.1, -0.05) is 41.9 Å². The van der Waals surface area contributed by atoms with Gasteiger partial charge in [-0.2, -0.15) is 5.26 Å². The number of carbonyl (C=O) groups excluding carboxylic acids is 1. The summed E-state index contributed by atoms with van der Waals surface area (Å²) >= 11 is 6.21. The van der Waals surface area contributed by atoms with E-state index in [1.165, 1.54) is 5.56 Å². The van der Waals surface area contributed by atoms with Crippen molar-refractivity contribution in [1.29, 1.82) is 5.26 Å². The third-order valence-corrected chi connectivity index (χ3v) is 5.20. The summed E-state index contributed by atoms with van der Waals surface area (Å²) in [5, 5.41) is 12.6. The second-order valence-electron chi connectivity index (χ2n) is 6.76. The largest absolute Gasteiger partial charge is 0.331 e. The number of piperazine rings is 1. The van der Waals surface area contributed by atoms with Crippen molar-refractivity contribution in [3.8, 4) is 6.07 Å². The third kappa shape index (κ3) is 5.00. The van der Waals surface area contributed by atoms with Crippen LogP contribution in [0.3, 0.4) is 0 Å². The quantitative estimate of drug-likeness (QED) is 0.874. The van der Waals surface area contributed by atoms with Gasteiger partial charge in [-0.15, -0.1) is 0 Å². The molecule has 0 radical (unpaired) electrons. The van der Waals surface area contributed by atoms with Gasteiger partial charge in [-0.05, 0) is 36.2 Å². The van der Waals surface area contributed by atoms with Crippen LogP contribution in [0, 0.1) is 11.3 Å². The Morgan fingerprint density at radius 1 is 1.15 bits per heavy atom. The van der Waals surface area contributed by atoms with Crippen LogP contribution in [0.5, 0.6) is 0 Å². The van der Waals surface area contributed by atoms with Gasteiger partial charge < -0.3 is 10.2 Å². The molecule has 0 saturated carbocycles. The predicted octanol–water partition coefficient (Wildman–Crippen LogP) is 3.80. The Bertz CT molecular complexity index is 823. The van der Waals surface area contributed by atoms with Crippen LogP contribution in [0.15, 0.2) is 48.5 Å². The minimum Gasteiger partial charge on any atom is -0.331 e. The molecule has 1 heterocycles. The SMILES string of the molecule is CC(NC(=O)N1CCN(Cc2ccc(C#N)cc2)CC1)c1ccccc1Cl. The summed E-state index contributed by atoms with van der Waals surface area (Å²) in [4.78, 5) is 16.7. The first kappa shape index (κ1) is 19.2. The molecule has 2 aromatic carbocycles. The van der Waals surface area contributed by atoms with Crippen LogP contribution in [0.1, 0.15) is 29.7 Å². The number of urea groups is 1. The average molecular weight is 383 g/mol. The molecule has 1 fully saturated rings. The maximum atomic E-state index is 12.6. The van der Waals surface area contributed by atoms with Crippen LogP contribution in [0.2, 0.25) is 5.02 Å². The zero-order chi connectivity index (χ0) is 19.2. The highest BCUT2D eigenvalue weighted by Gasteiger charge is 2.22. The Morgan fingerprint density at radius 3 is 2.44 bits per heavy atom. The van der Waals surface area contributed by atoms with Gasteiger partial charge in [0.25, 0.3) is 0 Å². The third-order valence-electron chi connectivity index (χ3n) is 4.86. The number of nitriles is 1. The van der Waals surface area contributed by atoms with E-state index in [0.29, 0.717) is 23.7 Å². The molecule has 0 aliphatic carbocycles. The summed E-state index contributed by atoms with van der Waals surface area (Å²) in [6.07, 6.45) is 0. The van der Waals surface area contributed by atoms with Crippen molar-refractivity contribution in [1.82, 2.24) is 15.1 Å². The highest BCUT2D eigenvalue weighted by atomic mass is 35.5. The second kappa shape index (κ2) is 8.90. The van der Waals surface area contributed by atoms with Crippen molar-refractivity contribution in [3.63, 3.8) is 0 Å². The summed E-state index contributed by atoms with van der Waals surface area (Å²) in [6.45, 7) is 5.81. The Kier molecular flexibility index (Phi) is 6.33. The number of amides is 2. The molecular weight excluding hydrogens is 360 g/mol. The minimum absolute atomic E-state index is 0.0551. The number of rotatable bonds is 4. The summed E-state index contributed by atoms with van der Waals surface area (Å²) in [6, 6.07) is 17.2. The van der Waals surface area contributed by atoms with Crippen LogP contribution in [0.4, 0.5) is 4.79 Å². The molecular formula is C21H23ClN4O. The van der Waals surface area contributed by atoms with Gasteiger partial charge in [0.2, 0.25) is 0 Å². The van der Waals surface area contributed by atoms with E-state index in [1.807, 2.05) is 60.4 Å². The fourth-order valence-electron chi connectivity index (χ4n) is 3.23. The monoisotopic (exact) mass is 382 g/mol. The molecule has 0 spiro atoms. The Labute approximate surface area is 165 Å². The van der Waals surface area contributed by atoms with Gasteiger partial charge in [-0.3, -0.25) is 4.90 Å². The van der Waals surface area contributed by atoms with Crippen molar-refractivity contribution in [2.75, 3.05) is 26.2 Å². The molecule has 0 aromatic heterocycles. The number of halogens is 1. The molecule has 3 rings (SSSR count). The molecule has 2 amide bonds. The highest BCUT2D eigenvalue weighted by molar-refractivity contribution is 6.31. The fraction of sp³-hybridized carbons (Fsp3) is 0.333. The molecule has 1 aliphatic heterocycles. The lowest BCUT2D eigenvalue weighted by molar-refractivity contribution is 0.133. The molecule has 6 heteroatoms. The Balaban J connectivity index is 1.49. The minimum atomic E-state index is -0.136. The summed E-state index contributed by atoms with van der Waals surface area (Å²) in [7, 11) is 0. The zero-order valence-corrected chi connectivity index (χ0v) is 16.1. The topological polar surface area (TPSA) is 59.4 Å². The molecule has 1 N–H and O–H groups in total. The van der Waals surface area contributed by atoms with Gasteiger partial charge in [0, 0.05) is 37.7 Å². The van der Waals surface area contributed by atoms with E-state index in [1.54, 1.807) is 0 Å². The predicted molar refractivity (Wildman–Crippen MR) is 106 cm³/mol. The second-order valence-corrected chi connectivity index (χ2v) is 7.17. The molecule has 5 nitrogen and oxygen atoms in total. The van der Waals surface area contributed by atoms with E-state index < -0.39 is 0 Å². The summed E-state index contributed by atoms with van der Waals surface area (Å²) in [5.74, 6) is 0. The Hall–Kier alpha value is -2.55. The van der Waals surface area contributed by atoms with Crippen LogP contribution < -0.4 is 5.32 Å². The first-order chi connectivity index (χ1) is 13.1. The van der Waals surface area contributed by atoms with Crippen molar-refractivity contribution in [3.05, 3.63) is 70.2 Å². The van der Waals surface area contributed by atoms with E-state index >= 15 is 0 Å². The normalized spacial score (nSPS) is 15.8. The fourth-order valence-corrected chi connectivity index (χ4v) is 3.53. The van der Waals surface area contributed by atoms with Gasteiger partial charge in [0.05, 0.1) is 17.7 Å². The van der Waals surface area contributed by atoms with Crippen LogP contribution >= 0.6 is 11.6 Å². The average Bonchev–Trinajstić information content (AvgIpc) is 2.69. The number of carbonyl (C=O) groups is 1. The number of benzene rings is 2. The zero-order valence-electron chi connectivity index (χ0n) is 15.4. The molecule has 1 aliphatic rings. The molecule has 1 atom stereocenters. The van der Waals surface area contributed by atoms with Gasteiger partial charge in [-0.25, -0.2) is 4.79 Å². The van der Waals surface area contributed by atoms with E-state index in [4.69, 9.17) is 16.9 Å². The lowest BCUT2D eigenvalue weighted by Gasteiger charge is -2.35. The van der Waals surface area contributed by atoms with Crippen LogP contribution in [0.25, 0.3) is 0 Å². The standard InChI is InChI=1S/C21H23ClN4O/c1-16(19-4-2-3-5-20(19)22)24-21(27)26-12-10-25(11-13-26)15-18-8-6-17(14-23)7-9-18/h2-9,16H,10-13,15H2,1H3,(H,24,27). The van der Waals surface area contributed by atoms with Gasteiger partial charge in [0.15, 0.2) is 0 Å². The molecule has 140 valence electrons. The first-order valence-corrected chi connectivity index (χ1v) is 9.46. The highest BCUT2D eigenvalue weighted by Crippen LogP contribution is 2.22. The van der Waals surface area contributed by atoms with Crippen molar-refractivity contribution in [2.24, 2.45) is 0 Å². The maximum Gasteiger partial charge on any atom is 0.317 e. The number of hydrogen-bond acceptors (Lipinski definition) is 3. The molecule has 27 heavy (non-hydrogen) atoms. The molecule has 0 bridgehead atoms. The first-order valence-electron chi connectivity index (χ1n) is 9.08. The Morgan fingerprint density at radius 2 is 1.81 bits per heavy atom. The van der Waals surface area contributed by atoms with E-state index in [-0.39, 0.29) is 12.1 Å². The summed E-state index contributed by atoms with van der Waals surface area (Å²) in [5.41, 5.74) is 2.78. The number of hydrogen-bond donors (Lipinski definition) is 1. The van der Waals surface area contributed by atoms with Crippen LogP contribution in [-0.2, 0) is 6.54 Å².